The number of halogens is 3. The molecule has 2 aromatic carbocycles. The van der Waals surface area contributed by atoms with Crippen LogP contribution in [0.2, 0.25) is 0 Å². The molecule has 10 heteroatoms. The number of benzene rings is 2. The van der Waals surface area contributed by atoms with E-state index in [1.54, 1.807) is 6.20 Å². The van der Waals surface area contributed by atoms with Gasteiger partial charge in [-0.2, -0.15) is 13.2 Å². The van der Waals surface area contributed by atoms with Gasteiger partial charge in [0.15, 0.2) is 0 Å². The van der Waals surface area contributed by atoms with Crippen molar-refractivity contribution < 1.29 is 27.6 Å². The molecule has 1 unspecified atom stereocenters. The summed E-state index contributed by atoms with van der Waals surface area (Å²) in [7, 11) is 0. The zero-order valence-electron chi connectivity index (χ0n) is 17.4. The lowest BCUT2D eigenvalue weighted by Crippen LogP contribution is -2.38. The maximum absolute atomic E-state index is 13.0. The molecular weight excluding hydrogens is 437 g/mol. The Morgan fingerprint density at radius 1 is 1.06 bits per heavy atom. The molecule has 1 atom stereocenters. The van der Waals surface area contributed by atoms with Crippen molar-refractivity contribution in [3.8, 4) is 0 Å². The quantitative estimate of drug-likeness (QED) is 0.496. The molecule has 0 aliphatic carbocycles. The summed E-state index contributed by atoms with van der Waals surface area (Å²) in [5.41, 5.74) is 0.588. The number of anilines is 1. The third-order valence-corrected chi connectivity index (χ3v) is 5.52. The second-order valence-corrected chi connectivity index (χ2v) is 7.75. The van der Waals surface area contributed by atoms with E-state index in [0.29, 0.717) is 5.56 Å². The van der Waals surface area contributed by atoms with Crippen molar-refractivity contribution in [2.45, 2.75) is 12.6 Å². The van der Waals surface area contributed by atoms with Crippen LogP contribution in [0.5, 0.6) is 0 Å². The summed E-state index contributed by atoms with van der Waals surface area (Å²) in [6.45, 7) is 0.330. The number of fused-ring (bicyclic) bond motifs is 1. The van der Waals surface area contributed by atoms with Crippen LogP contribution in [0.3, 0.4) is 0 Å². The normalized spacial score (nSPS) is 16.3. The summed E-state index contributed by atoms with van der Waals surface area (Å²) >= 11 is 0. The Morgan fingerprint density at radius 2 is 1.82 bits per heavy atom. The second-order valence-electron chi connectivity index (χ2n) is 7.75. The van der Waals surface area contributed by atoms with Crippen molar-refractivity contribution in [1.29, 1.82) is 0 Å². The minimum Gasteiger partial charge on any atom is -0.360 e. The van der Waals surface area contributed by atoms with E-state index in [9.17, 15) is 27.6 Å². The summed E-state index contributed by atoms with van der Waals surface area (Å²) in [4.78, 5) is 41.4. The minimum absolute atomic E-state index is 0.00627. The number of alkyl halides is 3. The van der Waals surface area contributed by atoms with E-state index in [4.69, 9.17) is 0 Å². The topological polar surface area (TPSA) is 94.3 Å². The monoisotopic (exact) mass is 458 g/mol. The van der Waals surface area contributed by atoms with Gasteiger partial charge in [-0.1, -0.05) is 24.3 Å². The molecule has 172 valence electrons. The highest BCUT2D eigenvalue weighted by atomic mass is 19.4. The van der Waals surface area contributed by atoms with E-state index in [2.05, 4.69) is 15.6 Å². The van der Waals surface area contributed by atoms with Crippen molar-refractivity contribution in [1.82, 2.24) is 15.6 Å². The van der Waals surface area contributed by atoms with Gasteiger partial charge in [0.05, 0.1) is 17.0 Å². The first kappa shape index (κ1) is 22.4. The van der Waals surface area contributed by atoms with Gasteiger partial charge in [-0.25, -0.2) is 0 Å². The molecule has 1 aliphatic rings. The Labute approximate surface area is 186 Å². The summed E-state index contributed by atoms with van der Waals surface area (Å²) in [5.74, 6) is -1.77. The molecule has 0 saturated carbocycles. The van der Waals surface area contributed by atoms with Gasteiger partial charge in [0.2, 0.25) is 11.8 Å². The molecule has 1 aliphatic heterocycles. The molecule has 0 spiro atoms. The number of carbonyl (C=O) groups is 3. The van der Waals surface area contributed by atoms with E-state index in [1.165, 1.54) is 17.0 Å². The zero-order valence-corrected chi connectivity index (χ0v) is 17.4. The summed E-state index contributed by atoms with van der Waals surface area (Å²) in [6, 6.07) is 11.9. The molecule has 1 fully saturated rings. The Morgan fingerprint density at radius 3 is 2.61 bits per heavy atom. The van der Waals surface area contributed by atoms with Crippen LogP contribution >= 0.6 is 0 Å². The average molecular weight is 458 g/mol. The molecule has 3 N–H and O–H groups in total. The number of rotatable bonds is 6. The van der Waals surface area contributed by atoms with Crippen LogP contribution in [0.25, 0.3) is 10.9 Å². The average Bonchev–Trinajstić information content (AvgIpc) is 3.40. The Kier molecular flexibility index (Phi) is 6.08. The van der Waals surface area contributed by atoms with Crippen LogP contribution in [0.15, 0.2) is 54.7 Å². The van der Waals surface area contributed by atoms with Crippen LogP contribution in [-0.4, -0.2) is 42.3 Å². The molecule has 2 heterocycles. The number of amides is 3. The number of nitrogens with one attached hydrogen (secondary N) is 3. The molecule has 0 radical (unpaired) electrons. The van der Waals surface area contributed by atoms with Crippen LogP contribution in [0, 0.1) is 5.92 Å². The van der Waals surface area contributed by atoms with E-state index in [0.717, 1.165) is 23.0 Å². The van der Waals surface area contributed by atoms with Crippen molar-refractivity contribution in [3.63, 3.8) is 0 Å². The first-order chi connectivity index (χ1) is 15.7. The smallest absolute Gasteiger partial charge is 0.360 e. The van der Waals surface area contributed by atoms with E-state index in [-0.39, 0.29) is 43.6 Å². The first-order valence-electron chi connectivity index (χ1n) is 10.3. The fraction of sp³-hybridized carbons (Fsp3) is 0.261. The van der Waals surface area contributed by atoms with Crippen LogP contribution in [-0.2, 0) is 15.8 Å². The lowest BCUT2D eigenvalue weighted by Gasteiger charge is -2.18. The number of hydrogen-bond acceptors (Lipinski definition) is 3. The highest BCUT2D eigenvalue weighted by Crippen LogP contribution is 2.33. The minimum atomic E-state index is -4.52. The van der Waals surface area contributed by atoms with E-state index in [1.807, 2.05) is 24.3 Å². The van der Waals surface area contributed by atoms with Crippen molar-refractivity contribution in [2.75, 3.05) is 24.5 Å². The molecule has 33 heavy (non-hydrogen) atoms. The van der Waals surface area contributed by atoms with E-state index < -0.39 is 23.6 Å². The summed E-state index contributed by atoms with van der Waals surface area (Å²) in [6.07, 6.45) is -3.00. The number of nitrogens with zero attached hydrogens (tertiary/aromatic N) is 1. The molecular formula is C23H21F3N4O3. The summed E-state index contributed by atoms with van der Waals surface area (Å²) in [5, 5.41) is 6.19. The number of aromatic amines is 1. The van der Waals surface area contributed by atoms with Crippen LogP contribution in [0.4, 0.5) is 18.9 Å². The second kappa shape index (κ2) is 8.97. The van der Waals surface area contributed by atoms with Gasteiger partial charge in [0.25, 0.3) is 5.91 Å². The Bertz CT molecular complexity index is 1200. The first-order valence-corrected chi connectivity index (χ1v) is 10.3. The Balaban J connectivity index is 1.28. The number of aromatic nitrogens is 1. The maximum atomic E-state index is 13.0. The standard InChI is InChI=1S/C23H21F3N4O3/c24-23(25,26)15-4-3-5-16(11-15)30-13-14(10-20(30)31)21(32)27-8-9-28-22(33)18-12-29-19-7-2-1-6-17(18)19/h1-7,11-12,14,29H,8-10,13H2,(H,27,32)(H,28,33). The maximum Gasteiger partial charge on any atom is 0.416 e. The fourth-order valence-electron chi connectivity index (χ4n) is 3.84. The van der Waals surface area contributed by atoms with Crippen LogP contribution in [0.1, 0.15) is 22.3 Å². The largest absolute Gasteiger partial charge is 0.416 e. The zero-order chi connectivity index (χ0) is 23.6. The van der Waals surface area contributed by atoms with Gasteiger partial charge in [0, 0.05) is 48.8 Å². The predicted molar refractivity (Wildman–Crippen MR) is 116 cm³/mol. The predicted octanol–water partition coefficient (Wildman–Crippen LogP) is 3.09. The SMILES string of the molecule is O=C(NCCNC(=O)C1CC(=O)N(c2cccc(C(F)(F)F)c2)C1)c1c[nH]c2ccccc12. The van der Waals surface area contributed by atoms with Gasteiger partial charge in [-0.05, 0) is 24.3 Å². The molecule has 1 aromatic heterocycles. The molecule has 0 bridgehead atoms. The lowest BCUT2D eigenvalue weighted by molar-refractivity contribution is -0.137. The third kappa shape index (κ3) is 4.84. The molecule has 7 nitrogen and oxygen atoms in total. The van der Waals surface area contributed by atoms with Crippen molar-refractivity contribution >= 4 is 34.3 Å². The molecule has 3 amide bonds. The van der Waals surface area contributed by atoms with Gasteiger partial charge in [-0.3, -0.25) is 14.4 Å². The lowest BCUT2D eigenvalue weighted by atomic mass is 10.1. The number of H-pyrrole nitrogens is 1. The van der Waals surface area contributed by atoms with Crippen molar-refractivity contribution in [2.24, 2.45) is 5.92 Å². The van der Waals surface area contributed by atoms with Gasteiger partial charge in [0.1, 0.15) is 0 Å². The van der Waals surface area contributed by atoms with Crippen LogP contribution < -0.4 is 15.5 Å². The highest BCUT2D eigenvalue weighted by Gasteiger charge is 2.36. The molecule has 3 aromatic rings. The Hall–Kier alpha value is -3.82. The fourth-order valence-corrected chi connectivity index (χ4v) is 3.84. The third-order valence-electron chi connectivity index (χ3n) is 5.52. The van der Waals surface area contributed by atoms with Gasteiger partial charge >= 0.3 is 6.18 Å². The van der Waals surface area contributed by atoms with Gasteiger partial charge < -0.3 is 20.5 Å². The number of para-hydroxylation sites is 1. The van der Waals surface area contributed by atoms with Crippen molar-refractivity contribution in [3.05, 3.63) is 65.9 Å². The number of carbonyl (C=O) groups excluding carboxylic acids is 3. The highest BCUT2D eigenvalue weighted by molar-refractivity contribution is 6.06. The molecule has 1 saturated heterocycles. The summed E-state index contributed by atoms with van der Waals surface area (Å²) < 4.78 is 38.9. The molecule has 4 rings (SSSR count). The number of hydrogen-bond donors (Lipinski definition) is 3. The van der Waals surface area contributed by atoms with E-state index >= 15 is 0 Å². The van der Waals surface area contributed by atoms with Gasteiger partial charge in [-0.15, -0.1) is 0 Å².